The predicted molar refractivity (Wildman–Crippen MR) is 98.0 cm³/mol. The van der Waals surface area contributed by atoms with Crippen molar-refractivity contribution in [3.05, 3.63) is 66.4 Å². The lowest BCUT2D eigenvalue weighted by atomic mass is 10.0. The molecule has 0 fully saturated rings. The van der Waals surface area contributed by atoms with Crippen LogP contribution in [0.4, 0.5) is 5.69 Å². The van der Waals surface area contributed by atoms with Crippen LogP contribution in [0.25, 0.3) is 0 Å². The Morgan fingerprint density at radius 1 is 1.12 bits per heavy atom. The molecule has 0 N–H and O–H groups in total. The van der Waals surface area contributed by atoms with Crippen molar-refractivity contribution in [1.29, 1.82) is 0 Å². The van der Waals surface area contributed by atoms with Crippen molar-refractivity contribution in [3.8, 4) is 5.75 Å². The monoisotopic (exact) mass is 345 g/mol. The van der Waals surface area contributed by atoms with Gasteiger partial charge in [0, 0.05) is 5.70 Å². The van der Waals surface area contributed by atoms with Crippen LogP contribution in [0.3, 0.4) is 0 Å². The van der Waals surface area contributed by atoms with Gasteiger partial charge < -0.3 is 4.74 Å². The second-order valence-electron chi connectivity index (χ2n) is 5.90. The molecule has 0 saturated heterocycles. The molecule has 0 aromatic heterocycles. The van der Waals surface area contributed by atoms with Crippen molar-refractivity contribution in [1.82, 2.24) is 0 Å². The van der Waals surface area contributed by atoms with E-state index in [4.69, 9.17) is 4.74 Å². The number of allylic oxidation sites excluding steroid dienone is 1. The first-order valence-corrected chi connectivity index (χ1v) is 9.17. The van der Waals surface area contributed by atoms with Crippen molar-refractivity contribution in [2.75, 3.05) is 11.4 Å². The van der Waals surface area contributed by atoms with Gasteiger partial charge >= 0.3 is 0 Å². The summed E-state index contributed by atoms with van der Waals surface area (Å²) >= 11 is 0. The van der Waals surface area contributed by atoms with E-state index < -0.39 is 10.0 Å². The van der Waals surface area contributed by atoms with Crippen LogP contribution < -0.4 is 9.04 Å². The topological polar surface area (TPSA) is 46.6 Å². The van der Waals surface area contributed by atoms with E-state index in [-0.39, 0.29) is 4.90 Å². The highest BCUT2D eigenvalue weighted by atomic mass is 32.2. The predicted octanol–water partition coefficient (Wildman–Crippen LogP) is 4.55. The van der Waals surface area contributed by atoms with Gasteiger partial charge in [-0.1, -0.05) is 44.7 Å². The summed E-state index contributed by atoms with van der Waals surface area (Å²) in [7, 11) is -2.23. The maximum absolute atomic E-state index is 13.1. The SMILES string of the molecule is C=C(C)N(c1ccc(C(C)C)cc1OC)S(=O)(=O)c1ccccc1. The Bertz CT molecular complexity index is 827. The van der Waals surface area contributed by atoms with E-state index in [2.05, 4.69) is 20.4 Å². The molecule has 2 aromatic rings. The average Bonchev–Trinajstić information content (AvgIpc) is 2.55. The molecule has 0 radical (unpaired) electrons. The number of nitrogens with zero attached hydrogens (tertiary/aromatic N) is 1. The number of sulfonamides is 1. The Kier molecular flexibility index (Phi) is 5.34. The van der Waals surface area contributed by atoms with Gasteiger partial charge in [-0.15, -0.1) is 0 Å². The number of benzene rings is 2. The highest BCUT2D eigenvalue weighted by molar-refractivity contribution is 7.93. The highest BCUT2D eigenvalue weighted by Gasteiger charge is 2.28. The zero-order valence-corrected chi connectivity index (χ0v) is 15.3. The van der Waals surface area contributed by atoms with Gasteiger partial charge in [-0.05, 0) is 42.7 Å². The van der Waals surface area contributed by atoms with E-state index >= 15 is 0 Å². The van der Waals surface area contributed by atoms with Crippen molar-refractivity contribution in [2.24, 2.45) is 0 Å². The van der Waals surface area contributed by atoms with Gasteiger partial charge in [0.1, 0.15) is 5.75 Å². The summed E-state index contributed by atoms with van der Waals surface area (Å²) in [5.41, 5.74) is 1.93. The van der Waals surface area contributed by atoms with E-state index in [1.54, 1.807) is 43.3 Å². The highest BCUT2D eigenvalue weighted by Crippen LogP contribution is 2.36. The Labute approximate surface area is 144 Å². The number of ether oxygens (including phenoxy) is 1. The molecule has 0 bridgehead atoms. The Morgan fingerprint density at radius 3 is 2.25 bits per heavy atom. The first kappa shape index (κ1) is 18.1. The molecule has 0 spiro atoms. The zero-order valence-electron chi connectivity index (χ0n) is 14.5. The molecule has 0 atom stereocenters. The zero-order chi connectivity index (χ0) is 17.9. The molecular weight excluding hydrogens is 322 g/mol. The van der Waals surface area contributed by atoms with Crippen LogP contribution in [-0.2, 0) is 10.0 Å². The summed E-state index contributed by atoms with van der Waals surface area (Å²) in [6, 6.07) is 13.9. The molecule has 2 aromatic carbocycles. The van der Waals surface area contributed by atoms with E-state index in [0.29, 0.717) is 23.1 Å². The quantitative estimate of drug-likeness (QED) is 0.772. The van der Waals surface area contributed by atoms with Crippen LogP contribution in [0, 0.1) is 0 Å². The molecule has 0 saturated carbocycles. The lowest BCUT2D eigenvalue weighted by molar-refractivity contribution is 0.415. The smallest absolute Gasteiger partial charge is 0.268 e. The van der Waals surface area contributed by atoms with Crippen molar-refractivity contribution < 1.29 is 13.2 Å². The fourth-order valence-electron chi connectivity index (χ4n) is 2.46. The van der Waals surface area contributed by atoms with Gasteiger partial charge in [0.2, 0.25) is 0 Å². The molecule has 0 aliphatic heterocycles. The molecule has 0 aliphatic carbocycles. The summed E-state index contributed by atoms with van der Waals surface area (Å²) in [5.74, 6) is 0.820. The van der Waals surface area contributed by atoms with Crippen LogP contribution in [-0.4, -0.2) is 15.5 Å². The molecule has 0 heterocycles. The Hall–Kier alpha value is -2.27. The summed E-state index contributed by atoms with van der Waals surface area (Å²) in [4.78, 5) is 0.211. The van der Waals surface area contributed by atoms with E-state index in [1.807, 2.05) is 12.1 Å². The van der Waals surface area contributed by atoms with Crippen molar-refractivity contribution >= 4 is 15.7 Å². The molecule has 0 aliphatic rings. The fourth-order valence-corrected chi connectivity index (χ4v) is 3.99. The summed E-state index contributed by atoms with van der Waals surface area (Å²) in [6.45, 7) is 9.66. The molecule has 128 valence electrons. The van der Waals surface area contributed by atoms with Crippen molar-refractivity contribution in [3.63, 3.8) is 0 Å². The standard InChI is InChI=1S/C19H23NO3S/c1-14(2)16-11-12-18(19(13-16)23-5)20(15(3)4)24(21,22)17-9-7-6-8-10-17/h6-14H,3H2,1-2,4-5H3. The molecule has 5 heteroatoms. The minimum absolute atomic E-state index is 0.211. The maximum atomic E-state index is 13.1. The summed E-state index contributed by atoms with van der Waals surface area (Å²) in [5, 5.41) is 0. The number of methoxy groups -OCH3 is 1. The number of hydrogen-bond acceptors (Lipinski definition) is 3. The van der Waals surface area contributed by atoms with Crippen molar-refractivity contribution in [2.45, 2.75) is 31.6 Å². The van der Waals surface area contributed by atoms with Crippen LogP contribution in [0.2, 0.25) is 0 Å². The molecule has 0 amide bonds. The molecule has 4 nitrogen and oxygen atoms in total. The van der Waals surface area contributed by atoms with Crippen LogP contribution in [0.15, 0.2) is 65.7 Å². The summed E-state index contributed by atoms with van der Waals surface area (Å²) in [6.07, 6.45) is 0. The van der Waals surface area contributed by atoms with E-state index in [0.717, 1.165) is 5.56 Å². The third kappa shape index (κ3) is 3.46. The Morgan fingerprint density at radius 2 is 1.75 bits per heavy atom. The largest absolute Gasteiger partial charge is 0.495 e. The number of anilines is 1. The van der Waals surface area contributed by atoms with Gasteiger partial charge in [-0.2, -0.15) is 0 Å². The molecule has 24 heavy (non-hydrogen) atoms. The van der Waals surface area contributed by atoms with Gasteiger partial charge in [-0.25, -0.2) is 12.7 Å². The third-order valence-corrected chi connectivity index (χ3v) is 5.57. The third-order valence-electron chi connectivity index (χ3n) is 3.72. The molecule has 0 unspecified atom stereocenters. The normalized spacial score (nSPS) is 11.4. The number of rotatable bonds is 6. The van der Waals surface area contributed by atoms with Gasteiger partial charge in [0.15, 0.2) is 0 Å². The van der Waals surface area contributed by atoms with E-state index in [9.17, 15) is 8.42 Å². The number of hydrogen-bond donors (Lipinski definition) is 0. The molecular formula is C19H23NO3S. The van der Waals surface area contributed by atoms with Gasteiger partial charge in [0.25, 0.3) is 10.0 Å². The van der Waals surface area contributed by atoms with Crippen LogP contribution >= 0.6 is 0 Å². The van der Waals surface area contributed by atoms with Crippen LogP contribution in [0.1, 0.15) is 32.3 Å². The van der Waals surface area contributed by atoms with Crippen LogP contribution in [0.5, 0.6) is 5.75 Å². The molecule has 2 rings (SSSR count). The Balaban J connectivity index is 2.63. The lowest BCUT2D eigenvalue weighted by Crippen LogP contribution is -2.29. The summed E-state index contributed by atoms with van der Waals surface area (Å²) < 4.78 is 32.8. The minimum atomic E-state index is -3.77. The fraction of sp³-hybridized carbons (Fsp3) is 0.263. The first-order valence-electron chi connectivity index (χ1n) is 7.73. The van der Waals surface area contributed by atoms with E-state index in [1.165, 1.54) is 11.4 Å². The van der Waals surface area contributed by atoms with Gasteiger partial charge in [0.05, 0.1) is 17.7 Å². The lowest BCUT2D eigenvalue weighted by Gasteiger charge is -2.26. The second kappa shape index (κ2) is 7.09. The minimum Gasteiger partial charge on any atom is -0.495 e. The first-order chi connectivity index (χ1) is 11.3. The second-order valence-corrected chi connectivity index (χ2v) is 7.69. The average molecular weight is 345 g/mol. The van der Waals surface area contributed by atoms with Gasteiger partial charge in [-0.3, -0.25) is 0 Å². The maximum Gasteiger partial charge on any atom is 0.268 e.